The SMILES string of the molecule is O=C(Nc1ccc(Cl)c(O)c1)c1ccc([N+](=O)[O-])s1. The Kier molecular flexibility index (Phi) is 3.68. The Morgan fingerprint density at radius 3 is 2.68 bits per heavy atom. The van der Waals surface area contributed by atoms with Crippen molar-refractivity contribution in [3.05, 3.63) is 50.3 Å². The summed E-state index contributed by atoms with van der Waals surface area (Å²) in [6, 6.07) is 6.88. The maximum Gasteiger partial charge on any atom is 0.324 e. The Balaban J connectivity index is 2.15. The third kappa shape index (κ3) is 3.01. The van der Waals surface area contributed by atoms with Crippen molar-refractivity contribution >= 4 is 39.5 Å². The number of amides is 1. The monoisotopic (exact) mass is 298 g/mol. The van der Waals surface area contributed by atoms with Gasteiger partial charge in [0.25, 0.3) is 5.91 Å². The quantitative estimate of drug-likeness (QED) is 0.672. The first-order chi connectivity index (χ1) is 8.97. The minimum absolute atomic E-state index is 0.107. The van der Waals surface area contributed by atoms with Gasteiger partial charge in [-0.1, -0.05) is 22.9 Å². The van der Waals surface area contributed by atoms with Crippen LogP contribution in [0.1, 0.15) is 9.67 Å². The first-order valence-corrected chi connectivity index (χ1v) is 6.21. The predicted octanol–water partition coefficient (Wildman–Crippen LogP) is 3.27. The smallest absolute Gasteiger partial charge is 0.324 e. The van der Waals surface area contributed by atoms with Gasteiger partial charge in [-0.2, -0.15) is 0 Å². The highest BCUT2D eigenvalue weighted by Crippen LogP contribution is 2.28. The van der Waals surface area contributed by atoms with Gasteiger partial charge in [0.05, 0.1) is 14.8 Å². The van der Waals surface area contributed by atoms with Crippen LogP contribution in [0.3, 0.4) is 0 Å². The van der Waals surface area contributed by atoms with Crippen molar-refractivity contribution in [1.29, 1.82) is 0 Å². The molecule has 1 heterocycles. The molecule has 8 heteroatoms. The zero-order valence-corrected chi connectivity index (χ0v) is 10.9. The van der Waals surface area contributed by atoms with Crippen LogP contribution in [-0.4, -0.2) is 15.9 Å². The van der Waals surface area contributed by atoms with Gasteiger partial charge in [0, 0.05) is 17.8 Å². The lowest BCUT2D eigenvalue weighted by atomic mass is 10.3. The fourth-order valence-electron chi connectivity index (χ4n) is 1.33. The molecule has 0 aliphatic heterocycles. The molecule has 1 aromatic carbocycles. The molecule has 0 atom stereocenters. The zero-order valence-electron chi connectivity index (χ0n) is 9.29. The number of nitrogens with one attached hydrogen (secondary N) is 1. The van der Waals surface area contributed by atoms with E-state index in [-0.39, 0.29) is 20.7 Å². The number of benzene rings is 1. The molecule has 0 saturated heterocycles. The number of carbonyl (C=O) groups excluding carboxylic acids is 1. The number of phenols is 1. The molecule has 0 aliphatic carbocycles. The van der Waals surface area contributed by atoms with Crippen LogP contribution < -0.4 is 5.32 Å². The van der Waals surface area contributed by atoms with E-state index >= 15 is 0 Å². The van der Waals surface area contributed by atoms with Gasteiger partial charge in [-0.15, -0.1) is 0 Å². The highest BCUT2D eigenvalue weighted by Gasteiger charge is 2.15. The number of carbonyl (C=O) groups is 1. The lowest BCUT2D eigenvalue weighted by molar-refractivity contribution is -0.380. The number of anilines is 1. The number of aromatic hydroxyl groups is 1. The number of thiophene rings is 1. The van der Waals surface area contributed by atoms with E-state index in [1.807, 2.05) is 0 Å². The third-order valence-corrected chi connectivity index (χ3v) is 3.55. The molecule has 6 nitrogen and oxygen atoms in total. The number of hydrogen-bond acceptors (Lipinski definition) is 5. The van der Waals surface area contributed by atoms with Gasteiger partial charge in [0.2, 0.25) is 0 Å². The van der Waals surface area contributed by atoms with Crippen molar-refractivity contribution in [1.82, 2.24) is 0 Å². The first kappa shape index (κ1) is 13.3. The summed E-state index contributed by atoms with van der Waals surface area (Å²) in [5, 5.41) is 22.5. The normalized spacial score (nSPS) is 10.2. The second-order valence-corrected chi connectivity index (χ2v) is 4.98. The number of nitro groups is 1. The van der Waals surface area contributed by atoms with Gasteiger partial charge in [0.1, 0.15) is 5.75 Å². The molecule has 2 N–H and O–H groups in total. The van der Waals surface area contributed by atoms with Crippen molar-refractivity contribution in [2.24, 2.45) is 0 Å². The van der Waals surface area contributed by atoms with Gasteiger partial charge in [0.15, 0.2) is 0 Å². The molecule has 98 valence electrons. The molecule has 0 fully saturated rings. The predicted molar refractivity (Wildman–Crippen MR) is 72.0 cm³/mol. The molecule has 0 saturated carbocycles. The molecule has 0 aliphatic rings. The molecule has 19 heavy (non-hydrogen) atoms. The van der Waals surface area contributed by atoms with E-state index in [1.165, 1.54) is 30.3 Å². The number of hydrogen-bond donors (Lipinski definition) is 2. The van der Waals surface area contributed by atoms with Crippen molar-refractivity contribution in [3.63, 3.8) is 0 Å². The van der Waals surface area contributed by atoms with E-state index in [9.17, 15) is 20.0 Å². The summed E-state index contributed by atoms with van der Waals surface area (Å²) in [5.41, 5.74) is 0.350. The van der Waals surface area contributed by atoms with Gasteiger partial charge in [-0.3, -0.25) is 14.9 Å². The minimum Gasteiger partial charge on any atom is -0.506 e. The number of rotatable bonds is 3. The van der Waals surface area contributed by atoms with Crippen molar-refractivity contribution in [2.45, 2.75) is 0 Å². The van der Waals surface area contributed by atoms with Crippen LogP contribution in [0.4, 0.5) is 10.7 Å². The fraction of sp³-hybridized carbons (Fsp3) is 0. The summed E-state index contributed by atoms with van der Waals surface area (Å²) in [6.45, 7) is 0. The maximum atomic E-state index is 11.8. The molecule has 1 amide bonds. The van der Waals surface area contributed by atoms with Crippen LogP contribution in [0.15, 0.2) is 30.3 Å². The van der Waals surface area contributed by atoms with Crippen LogP contribution in [0.2, 0.25) is 5.02 Å². The average molecular weight is 299 g/mol. The summed E-state index contributed by atoms with van der Waals surface area (Å²) in [4.78, 5) is 22.0. The number of halogens is 1. The van der Waals surface area contributed by atoms with Crippen LogP contribution >= 0.6 is 22.9 Å². The van der Waals surface area contributed by atoms with Crippen LogP contribution in [0.25, 0.3) is 0 Å². The minimum atomic E-state index is -0.560. The van der Waals surface area contributed by atoms with E-state index in [1.54, 1.807) is 0 Å². The molecule has 0 radical (unpaired) electrons. The Morgan fingerprint density at radius 2 is 2.11 bits per heavy atom. The summed E-state index contributed by atoms with van der Waals surface area (Å²) in [7, 11) is 0. The Morgan fingerprint density at radius 1 is 1.37 bits per heavy atom. The molecular weight excluding hydrogens is 292 g/mol. The zero-order chi connectivity index (χ0) is 14.0. The van der Waals surface area contributed by atoms with Crippen molar-refractivity contribution in [2.75, 3.05) is 5.32 Å². The lowest BCUT2D eigenvalue weighted by Gasteiger charge is -2.04. The van der Waals surface area contributed by atoms with Crippen molar-refractivity contribution in [3.8, 4) is 5.75 Å². The van der Waals surface area contributed by atoms with Crippen LogP contribution in [0.5, 0.6) is 5.75 Å². The van der Waals surface area contributed by atoms with Crippen LogP contribution in [0, 0.1) is 10.1 Å². The van der Waals surface area contributed by atoms with E-state index in [0.717, 1.165) is 11.3 Å². The molecule has 1 aromatic heterocycles. The fourth-order valence-corrected chi connectivity index (χ4v) is 2.16. The molecule has 2 rings (SSSR count). The van der Waals surface area contributed by atoms with E-state index in [0.29, 0.717) is 5.69 Å². The topological polar surface area (TPSA) is 92.5 Å². The molecule has 2 aromatic rings. The Hall–Kier alpha value is -2.12. The summed E-state index contributed by atoms with van der Waals surface area (Å²) >= 11 is 6.41. The highest BCUT2D eigenvalue weighted by molar-refractivity contribution is 7.17. The lowest BCUT2D eigenvalue weighted by Crippen LogP contribution is -2.09. The van der Waals surface area contributed by atoms with E-state index in [4.69, 9.17) is 11.6 Å². The second-order valence-electron chi connectivity index (χ2n) is 3.52. The first-order valence-electron chi connectivity index (χ1n) is 5.01. The third-order valence-electron chi connectivity index (χ3n) is 2.20. The standard InChI is InChI=1S/C11H7ClN2O4S/c12-7-2-1-6(5-8(7)15)13-11(16)9-3-4-10(19-9)14(17)18/h1-5,15H,(H,13,16). The van der Waals surface area contributed by atoms with Crippen molar-refractivity contribution < 1.29 is 14.8 Å². The second kappa shape index (κ2) is 5.25. The van der Waals surface area contributed by atoms with Gasteiger partial charge in [-0.05, 0) is 18.2 Å². The van der Waals surface area contributed by atoms with E-state index < -0.39 is 10.8 Å². The van der Waals surface area contributed by atoms with E-state index in [2.05, 4.69) is 5.32 Å². The summed E-state index contributed by atoms with van der Waals surface area (Å²) in [6.07, 6.45) is 0. The largest absolute Gasteiger partial charge is 0.506 e. The Bertz CT molecular complexity index is 656. The van der Waals surface area contributed by atoms with Gasteiger partial charge < -0.3 is 10.4 Å². The molecule has 0 bridgehead atoms. The van der Waals surface area contributed by atoms with Gasteiger partial charge in [-0.25, -0.2) is 0 Å². The van der Waals surface area contributed by atoms with Gasteiger partial charge >= 0.3 is 5.00 Å². The molecule has 0 unspecified atom stereocenters. The molecule has 0 spiro atoms. The molecular formula is C11H7ClN2O4S. The Labute approximate surface area is 116 Å². The number of nitrogens with zero attached hydrogens (tertiary/aromatic N) is 1. The average Bonchev–Trinajstić information content (AvgIpc) is 2.83. The number of phenolic OH excluding ortho intramolecular Hbond substituents is 1. The summed E-state index contributed by atoms with van der Waals surface area (Å²) < 4.78 is 0. The highest BCUT2D eigenvalue weighted by atomic mass is 35.5. The maximum absolute atomic E-state index is 11.8. The summed E-state index contributed by atoms with van der Waals surface area (Å²) in [5.74, 6) is -0.642. The van der Waals surface area contributed by atoms with Crippen LogP contribution in [-0.2, 0) is 0 Å².